The molecule has 1 unspecified atom stereocenters. The Labute approximate surface area is 244 Å². The van der Waals surface area contributed by atoms with Gasteiger partial charge in [-0.05, 0) is 29.4 Å². The predicted molar refractivity (Wildman–Crippen MR) is 154 cm³/mol. The summed E-state index contributed by atoms with van der Waals surface area (Å²) in [6.07, 6.45) is -2.72. The van der Waals surface area contributed by atoms with Gasteiger partial charge in [0, 0.05) is 12.8 Å². The quantitative estimate of drug-likeness (QED) is 0.409. The van der Waals surface area contributed by atoms with Crippen molar-refractivity contribution in [2.75, 3.05) is 6.54 Å². The van der Waals surface area contributed by atoms with E-state index in [4.69, 9.17) is 6.57 Å². The van der Waals surface area contributed by atoms with E-state index in [1.54, 1.807) is 30.7 Å². The molecule has 220 valence electrons. The van der Waals surface area contributed by atoms with Crippen LogP contribution in [0.1, 0.15) is 64.8 Å². The molecule has 2 heterocycles. The van der Waals surface area contributed by atoms with Crippen molar-refractivity contribution in [3.8, 4) is 10.4 Å². The topological polar surface area (TPSA) is 116 Å². The second kappa shape index (κ2) is 11.5. The van der Waals surface area contributed by atoms with Crippen LogP contribution in [0, 0.1) is 24.8 Å². The minimum atomic E-state index is -2.00. The molecule has 2 aromatic rings. The van der Waals surface area contributed by atoms with Gasteiger partial charge in [0.1, 0.15) is 18.2 Å². The molecule has 0 bridgehead atoms. The molecular formula is C30H38FN5O4S. The van der Waals surface area contributed by atoms with Crippen molar-refractivity contribution in [2.24, 2.45) is 11.3 Å². The predicted octanol–water partition coefficient (Wildman–Crippen LogP) is 3.82. The molecule has 11 heteroatoms. The largest absolute Gasteiger partial charge is 0.388 e. The number of nitrogens with zero attached hydrogens (tertiary/aromatic N) is 3. The summed E-state index contributed by atoms with van der Waals surface area (Å²) in [5.74, 6) is -2.32. The Bertz CT molecular complexity index is 1340. The lowest BCUT2D eigenvalue weighted by molar-refractivity contribution is -0.144. The van der Waals surface area contributed by atoms with Crippen LogP contribution in [0.3, 0.4) is 0 Å². The van der Waals surface area contributed by atoms with Crippen molar-refractivity contribution >= 4 is 29.1 Å². The molecule has 0 spiro atoms. The molecule has 9 nitrogen and oxygen atoms in total. The fraction of sp³-hybridized carbons (Fsp3) is 0.567. The molecule has 1 saturated carbocycles. The minimum absolute atomic E-state index is 0.381. The number of hydrogen-bond acceptors (Lipinski definition) is 6. The number of likely N-dealkylation sites (tertiary alicyclic amines) is 1. The van der Waals surface area contributed by atoms with Crippen LogP contribution in [0.5, 0.6) is 0 Å². The van der Waals surface area contributed by atoms with Crippen molar-refractivity contribution in [3.63, 3.8) is 0 Å². The van der Waals surface area contributed by atoms with Crippen LogP contribution in [-0.4, -0.2) is 69.2 Å². The van der Waals surface area contributed by atoms with Crippen molar-refractivity contribution in [3.05, 3.63) is 52.5 Å². The van der Waals surface area contributed by atoms with Crippen molar-refractivity contribution in [2.45, 2.75) is 90.3 Å². The summed E-state index contributed by atoms with van der Waals surface area (Å²) in [6.45, 7) is 18.2. The Morgan fingerprint density at radius 2 is 1.83 bits per heavy atom. The lowest BCUT2D eigenvalue weighted by Gasteiger charge is -2.35. The number of carbonyl (C=O) groups is 3. The first-order valence-corrected chi connectivity index (χ1v) is 14.7. The number of benzene rings is 1. The lowest BCUT2D eigenvalue weighted by atomic mass is 9.82. The summed E-state index contributed by atoms with van der Waals surface area (Å²) in [5, 5.41) is 16.0. The third-order valence-electron chi connectivity index (χ3n) is 7.92. The SMILES string of the molecule is [C-]#[N+]C1(C(=O)N[C@H](C(=O)N2C[C@H](O)[C@H](F)[C@H]2C(=O)NC(c2ccc(-c3scnc3C)cc2)C(C)(C)C)C(C)C)CC1. The Morgan fingerprint density at radius 1 is 1.20 bits per heavy atom. The Balaban J connectivity index is 1.56. The Morgan fingerprint density at radius 3 is 2.32 bits per heavy atom. The molecule has 1 saturated heterocycles. The number of thiazole rings is 1. The number of aryl methyl sites for hydroxylation is 1. The number of carbonyl (C=O) groups excluding carboxylic acids is 3. The van der Waals surface area contributed by atoms with Crippen LogP contribution in [0.25, 0.3) is 15.3 Å². The van der Waals surface area contributed by atoms with Gasteiger partial charge in [0.25, 0.3) is 0 Å². The van der Waals surface area contributed by atoms with Gasteiger partial charge in [-0.1, -0.05) is 58.9 Å². The van der Waals surface area contributed by atoms with Crippen LogP contribution in [-0.2, 0) is 14.4 Å². The highest BCUT2D eigenvalue weighted by Crippen LogP contribution is 2.40. The zero-order valence-electron chi connectivity index (χ0n) is 24.3. The summed E-state index contributed by atoms with van der Waals surface area (Å²) in [6, 6.07) is 4.58. The molecular weight excluding hydrogens is 545 g/mol. The van der Waals surface area contributed by atoms with E-state index in [2.05, 4.69) is 20.5 Å². The highest BCUT2D eigenvalue weighted by Gasteiger charge is 2.59. The lowest BCUT2D eigenvalue weighted by Crippen LogP contribution is -2.58. The van der Waals surface area contributed by atoms with Crippen molar-refractivity contribution in [1.29, 1.82) is 0 Å². The number of aliphatic hydroxyl groups excluding tert-OH is 1. The Kier molecular flexibility index (Phi) is 8.58. The minimum Gasteiger partial charge on any atom is -0.388 e. The summed E-state index contributed by atoms with van der Waals surface area (Å²) in [7, 11) is 0. The van der Waals surface area contributed by atoms with Crippen molar-refractivity contribution in [1.82, 2.24) is 20.5 Å². The summed E-state index contributed by atoms with van der Waals surface area (Å²) < 4.78 is 15.4. The molecule has 1 aromatic carbocycles. The maximum atomic E-state index is 15.4. The molecule has 2 fully saturated rings. The van der Waals surface area contributed by atoms with Gasteiger partial charge >= 0.3 is 11.4 Å². The smallest absolute Gasteiger partial charge is 0.309 e. The molecule has 0 radical (unpaired) electrons. The van der Waals surface area contributed by atoms with Crippen LogP contribution in [0.2, 0.25) is 0 Å². The highest BCUT2D eigenvalue weighted by atomic mass is 32.1. The van der Waals surface area contributed by atoms with E-state index in [9.17, 15) is 19.5 Å². The maximum Gasteiger partial charge on any atom is 0.309 e. The third kappa shape index (κ3) is 6.14. The normalized spacial score (nSPS) is 23.0. The van der Waals surface area contributed by atoms with Gasteiger partial charge in [0.2, 0.25) is 11.8 Å². The first kappa shape index (κ1) is 30.6. The van der Waals surface area contributed by atoms with Gasteiger partial charge in [-0.15, -0.1) is 11.3 Å². The molecule has 1 aliphatic heterocycles. The van der Waals surface area contributed by atoms with E-state index in [0.717, 1.165) is 26.6 Å². The number of halogens is 1. The van der Waals surface area contributed by atoms with Crippen LogP contribution >= 0.6 is 11.3 Å². The molecule has 5 atom stereocenters. The molecule has 1 aromatic heterocycles. The van der Waals surface area contributed by atoms with Gasteiger partial charge in [-0.25, -0.2) is 15.9 Å². The Hall–Kier alpha value is -3.36. The number of β-amino-alcohol motifs (C(OH)–C–C–N with tert-alkyl or cyclic N) is 1. The zero-order valence-corrected chi connectivity index (χ0v) is 25.1. The molecule has 3 N–H and O–H groups in total. The second-order valence-corrected chi connectivity index (χ2v) is 13.3. The number of aromatic nitrogens is 1. The fourth-order valence-electron chi connectivity index (χ4n) is 5.22. The summed E-state index contributed by atoms with van der Waals surface area (Å²) in [4.78, 5) is 49.9. The first-order valence-electron chi connectivity index (χ1n) is 13.8. The third-order valence-corrected chi connectivity index (χ3v) is 8.90. The number of hydrogen-bond donors (Lipinski definition) is 3. The molecule has 3 amide bonds. The zero-order chi connectivity index (χ0) is 30.3. The first-order chi connectivity index (χ1) is 19.2. The van der Waals surface area contributed by atoms with Gasteiger partial charge < -0.3 is 20.6 Å². The molecule has 1 aliphatic carbocycles. The average Bonchev–Trinajstić information content (AvgIpc) is 3.52. The highest BCUT2D eigenvalue weighted by molar-refractivity contribution is 7.13. The van der Waals surface area contributed by atoms with Gasteiger partial charge in [0.15, 0.2) is 6.17 Å². The summed E-state index contributed by atoms with van der Waals surface area (Å²) >= 11 is 1.54. The number of alkyl halides is 1. The van der Waals surface area contributed by atoms with E-state index >= 15 is 4.39 Å². The molecule has 41 heavy (non-hydrogen) atoms. The second-order valence-electron chi connectivity index (χ2n) is 12.5. The van der Waals surface area contributed by atoms with Crippen molar-refractivity contribution < 1.29 is 23.9 Å². The van der Waals surface area contributed by atoms with Crippen LogP contribution in [0.4, 0.5) is 4.39 Å². The number of amides is 3. The van der Waals surface area contributed by atoms with E-state index in [0.29, 0.717) is 12.8 Å². The van der Waals surface area contributed by atoms with Gasteiger partial charge in [0.05, 0.1) is 28.7 Å². The maximum absolute atomic E-state index is 15.4. The van der Waals surface area contributed by atoms with Gasteiger partial charge in [-0.3, -0.25) is 19.2 Å². The number of nitrogens with one attached hydrogen (secondary N) is 2. The summed E-state index contributed by atoms with van der Waals surface area (Å²) in [5.41, 5.74) is 2.90. The number of aliphatic hydroxyl groups is 1. The monoisotopic (exact) mass is 583 g/mol. The number of rotatable bonds is 8. The van der Waals surface area contributed by atoms with Crippen LogP contribution < -0.4 is 10.6 Å². The van der Waals surface area contributed by atoms with E-state index in [1.165, 1.54) is 0 Å². The average molecular weight is 584 g/mol. The molecule has 2 aliphatic rings. The van der Waals surface area contributed by atoms with E-state index < -0.39 is 65.0 Å². The molecule has 4 rings (SSSR count). The van der Waals surface area contributed by atoms with E-state index in [-0.39, 0.29) is 6.54 Å². The van der Waals surface area contributed by atoms with E-state index in [1.807, 2.05) is 52.0 Å². The van der Waals surface area contributed by atoms with Crippen LogP contribution in [0.15, 0.2) is 29.8 Å². The standard InChI is InChI=1S/C30H38FN5O4S/c1-16(2)22(34-28(40)30(32-7)12-13-30)27(39)36-14-20(37)21(31)23(36)26(38)35-25(29(4,5)6)19-10-8-18(9-11-19)24-17(3)33-15-41-24/h8-11,15-16,20-23,25,37H,12-14H2,1-6H3,(H,34,40)(H,35,38)/t20-,21-,22-,23-,25?/m0/s1. The van der Waals surface area contributed by atoms with Gasteiger partial charge in [-0.2, -0.15) is 0 Å². The fourth-order valence-corrected chi connectivity index (χ4v) is 6.03.